The molecule has 2 fully saturated rings. The highest BCUT2D eigenvalue weighted by Gasteiger charge is 2.45. The molecule has 1 nitrogen and oxygen atoms in total. The smallest absolute Gasteiger partial charge is 0.193 e. The van der Waals surface area contributed by atoms with Crippen molar-refractivity contribution in [3.8, 4) is 11.8 Å². The van der Waals surface area contributed by atoms with Crippen molar-refractivity contribution >= 4 is 24.2 Å². The van der Waals surface area contributed by atoms with Gasteiger partial charge in [0.25, 0.3) is 0 Å². The molecule has 2 aliphatic rings. The summed E-state index contributed by atoms with van der Waals surface area (Å²) in [4.78, 5) is 0.363. The first-order valence-electron chi connectivity index (χ1n) is 8.43. The van der Waals surface area contributed by atoms with Crippen LogP contribution in [0.5, 0.6) is 0 Å². The van der Waals surface area contributed by atoms with E-state index in [-0.39, 0.29) is 5.04 Å². The van der Waals surface area contributed by atoms with Crippen molar-refractivity contribution in [2.45, 2.75) is 82.3 Å². The van der Waals surface area contributed by atoms with Gasteiger partial charge in [-0.25, -0.2) is 0 Å². The first-order valence-corrected chi connectivity index (χ1v) is 12.3. The summed E-state index contributed by atoms with van der Waals surface area (Å²) in [6.07, 6.45) is 8.39. The average Bonchev–Trinajstić information content (AvgIpc) is 3.11. The molecule has 21 heavy (non-hydrogen) atoms. The van der Waals surface area contributed by atoms with E-state index in [0.29, 0.717) is 16.8 Å². The van der Waals surface area contributed by atoms with Gasteiger partial charge in [-0.05, 0) is 48.7 Å². The summed E-state index contributed by atoms with van der Waals surface area (Å²) >= 11 is 3.87. The third-order valence-electron chi connectivity index (χ3n) is 5.82. The second kappa shape index (κ2) is 6.38. The minimum Gasteiger partial charge on any atom is -0.406 e. The first kappa shape index (κ1) is 17.6. The van der Waals surface area contributed by atoms with Gasteiger partial charge in [-0.3, -0.25) is 0 Å². The van der Waals surface area contributed by atoms with Gasteiger partial charge in [0, 0.05) is 0 Å². The molecule has 2 rings (SSSR count). The van der Waals surface area contributed by atoms with Crippen molar-refractivity contribution in [3.05, 3.63) is 0 Å². The zero-order chi connectivity index (χ0) is 15.7. The van der Waals surface area contributed by atoms with Crippen LogP contribution in [0.2, 0.25) is 18.1 Å². The van der Waals surface area contributed by atoms with Gasteiger partial charge in [0.15, 0.2) is 8.32 Å². The zero-order valence-electron chi connectivity index (χ0n) is 14.4. The van der Waals surface area contributed by atoms with Crippen LogP contribution < -0.4 is 0 Å². The number of hydrogen-bond acceptors (Lipinski definition) is 1. The molecule has 2 aliphatic carbocycles. The predicted octanol–water partition coefficient (Wildman–Crippen LogP) is 5.75. The van der Waals surface area contributed by atoms with E-state index >= 15 is 0 Å². The van der Waals surface area contributed by atoms with Gasteiger partial charge < -0.3 is 4.43 Å². The third-order valence-corrected chi connectivity index (χ3v) is 11.5. The molecule has 0 aromatic heterocycles. The quantitative estimate of drug-likeness (QED) is 0.340. The van der Waals surface area contributed by atoms with Crippen LogP contribution in [-0.2, 0) is 4.43 Å². The van der Waals surface area contributed by atoms with Crippen molar-refractivity contribution < 1.29 is 4.43 Å². The fraction of sp³-hybridized carbons (Fsp3) is 0.889. The summed E-state index contributed by atoms with van der Waals surface area (Å²) in [5.74, 6) is 7.74. The Morgan fingerprint density at radius 2 is 1.90 bits per heavy atom. The SMILES string of the molecule is CC(C)(C)[Si](C)(C)OCC#CC(Br)C1(CC2CC2)CCC1. The number of hydrogen-bond donors (Lipinski definition) is 0. The Morgan fingerprint density at radius 3 is 2.33 bits per heavy atom. The maximum absolute atomic E-state index is 6.15. The number of alkyl halides is 1. The lowest BCUT2D eigenvalue weighted by atomic mass is 9.64. The molecule has 1 unspecified atom stereocenters. The van der Waals surface area contributed by atoms with Crippen LogP contribution in [0.3, 0.4) is 0 Å². The van der Waals surface area contributed by atoms with E-state index in [2.05, 4.69) is 61.6 Å². The first-order chi connectivity index (χ1) is 9.66. The van der Waals surface area contributed by atoms with Crippen molar-refractivity contribution in [2.24, 2.45) is 11.3 Å². The molecule has 1 atom stereocenters. The lowest BCUT2D eigenvalue weighted by molar-refractivity contribution is 0.126. The molecular formula is C18H31BrOSi. The lowest BCUT2D eigenvalue weighted by Gasteiger charge is -2.44. The molecule has 0 aromatic carbocycles. The fourth-order valence-corrected chi connectivity index (χ4v) is 4.48. The molecular weight excluding hydrogens is 340 g/mol. The van der Waals surface area contributed by atoms with Crippen LogP contribution in [0.15, 0.2) is 0 Å². The Morgan fingerprint density at radius 1 is 1.29 bits per heavy atom. The van der Waals surface area contributed by atoms with E-state index in [9.17, 15) is 0 Å². The van der Waals surface area contributed by atoms with E-state index in [1.165, 1.54) is 38.5 Å². The molecule has 120 valence electrons. The average molecular weight is 371 g/mol. The van der Waals surface area contributed by atoms with E-state index in [1.807, 2.05) is 0 Å². The Balaban J connectivity index is 1.84. The third kappa shape index (κ3) is 4.36. The molecule has 0 saturated heterocycles. The van der Waals surface area contributed by atoms with Crippen LogP contribution in [0.1, 0.15) is 59.3 Å². The van der Waals surface area contributed by atoms with Crippen molar-refractivity contribution in [3.63, 3.8) is 0 Å². The monoisotopic (exact) mass is 370 g/mol. The molecule has 3 heteroatoms. The molecule has 0 bridgehead atoms. The molecule has 2 saturated carbocycles. The van der Waals surface area contributed by atoms with Crippen molar-refractivity contribution in [1.82, 2.24) is 0 Å². The zero-order valence-corrected chi connectivity index (χ0v) is 17.0. The van der Waals surface area contributed by atoms with E-state index in [0.717, 1.165) is 5.92 Å². The van der Waals surface area contributed by atoms with E-state index < -0.39 is 8.32 Å². The lowest BCUT2D eigenvalue weighted by Crippen LogP contribution is -2.41. The predicted molar refractivity (Wildman–Crippen MR) is 97.3 cm³/mol. The van der Waals surface area contributed by atoms with Gasteiger partial charge in [-0.1, -0.05) is 67.8 Å². The molecule has 0 amide bonds. The second-order valence-electron chi connectivity index (χ2n) is 8.60. The standard InChI is InChI=1S/C18H31BrOSi/c1-17(2,3)21(4,5)20-13-6-8-16(19)18(11-7-12-18)14-15-9-10-15/h15-16H,7,9-14H2,1-5H3. The summed E-state index contributed by atoms with van der Waals surface area (Å²) in [6.45, 7) is 12.0. The van der Waals surface area contributed by atoms with Gasteiger partial charge in [0.1, 0.15) is 0 Å². The Labute approximate surface area is 140 Å². The highest BCUT2D eigenvalue weighted by molar-refractivity contribution is 9.09. The van der Waals surface area contributed by atoms with Crippen LogP contribution in [0.25, 0.3) is 0 Å². The van der Waals surface area contributed by atoms with Crippen molar-refractivity contribution in [2.75, 3.05) is 6.61 Å². The number of halogens is 1. The maximum Gasteiger partial charge on any atom is 0.193 e. The van der Waals surface area contributed by atoms with Gasteiger partial charge in [0.2, 0.25) is 0 Å². The molecule has 0 aliphatic heterocycles. The topological polar surface area (TPSA) is 9.23 Å². The molecule has 0 radical (unpaired) electrons. The second-order valence-corrected chi connectivity index (χ2v) is 14.3. The molecule has 0 spiro atoms. The minimum atomic E-state index is -1.65. The molecule has 0 aromatic rings. The van der Waals surface area contributed by atoms with Gasteiger partial charge in [-0.15, -0.1) is 0 Å². The van der Waals surface area contributed by atoms with Crippen LogP contribution in [-0.4, -0.2) is 19.8 Å². The fourth-order valence-electron chi connectivity index (χ4n) is 2.81. The highest BCUT2D eigenvalue weighted by atomic mass is 79.9. The largest absolute Gasteiger partial charge is 0.406 e. The number of rotatable bonds is 5. The summed E-state index contributed by atoms with van der Waals surface area (Å²) in [7, 11) is -1.65. The van der Waals surface area contributed by atoms with Crippen LogP contribution >= 0.6 is 15.9 Å². The van der Waals surface area contributed by atoms with Crippen LogP contribution in [0.4, 0.5) is 0 Å². The molecule has 0 N–H and O–H groups in total. The van der Waals surface area contributed by atoms with Gasteiger partial charge in [-0.2, -0.15) is 0 Å². The summed E-state index contributed by atoms with van der Waals surface area (Å²) in [6, 6.07) is 0. The summed E-state index contributed by atoms with van der Waals surface area (Å²) in [5.41, 5.74) is 0.477. The van der Waals surface area contributed by atoms with Crippen molar-refractivity contribution in [1.29, 1.82) is 0 Å². The minimum absolute atomic E-state index is 0.268. The Bertz CT molecular complexity index is 419. The Kier molecular flexibility index (Phi) is 5.33. The maximum atomic E-state index is 6.15. The Hall–Kier alpha value is 0.217. The highest BCUT2D eigenvalue weighted by Crippen LogP contribution is 2.54. The normalized spacial score (nSPS) is 23.0. The molecule has 0 heterocycles. The summed E-state index contributed by atoms with van der Waals surface area (Å²) < 4.78 is 6.15. The van der Waals surface area contributed by atoms with E-state index in [4.69, 9.17) is 4.43 Å². The van der Waals surface area contributed by atoms with Gasteiger partial charge >= 0.3 is 0 Å². The summed E-state index contributed by atoms with van der Waals surface area (Å²) in [5, 5.41) is 0.268. The van der Waals surface area contributed by atoms with E-state index in [1.54, 1.807) is 0 Å². The van der Waals surface area contributed by atoms with Gasteiger partial charge in [0.05, 0.1) is 11.4 Å². The van der Waals surface area contributed by atoms with Crippen LogP contribution in [0, 0.1) is 23.2 Å².